The van der Waals surface area contributed by atoms with E-state index in [1.807, 2.05) is 0 Å². The zero-order valence-electron chi connectivity index (χ0n) is 27.2. The largest absolute Gasteiger partial charge is 0.305 e. The molecule has 0 radical (unpaired) electrons. The normalized spacial score (nSPS) is 12.0. The molecule has 0 bridgehead atoms. The quantitative estimate of drug-likeness (QED) is 0.170. The van der Waals surface area contributed by atoms with E-state index in [-0.39, 0.29) is 0 Å². The number of rotatable bonds is 4. The monoisotopic (exact) mass is 634 g/mol. The van der Waals surface area contributed by atoms with E-state index in [0.29, 0.717) is 0 Å². The fourth-order valence-electron chi connectivity index (χ4n) is 8.64. The molecular formula is C48H30N2. The summed E-state index contributed by atoms with van der Waals surface area (Å²) in [6, 6.07) is 66.5. The molecule has 0 N–H and O–H groups in total. The molecule has 11 aromatic rings. The highest BCUT2D eigenvalue weighted by Crippen LogP contribution is 2.48. The molecule has 3 aromatic heterocycles. The van der Waals surface area contributed by atoms with Crippen molar-refractivity contribution >= 4 is 54.6 Å². The molecule has 0 saturated carbocycles. The highest BCUT2D eigenvalue weighted by Gasteiger charge is 2.25. The van der Waals surface area contributed by atoms with Crippen molar-refractivity contribution in [1.29, 1.82) is 0 Å². The fourth-order valence-corrected chi connectivity index (χ4v) is 8.64. The molecule has 0 unspecified atom stereocenters. The van der Waals surface area contributed by atoms with Crippen LogP contribution in [-0.2, 0) is 0 Å². The molecule has 0 amide bonds. The molecule has 2 nitrogen and oxygen atoms in total. The van der Waals surface area contributed by atoms with E-state index in [0.717, 1.165) is 0 Å². The Morgan fingerprint density at radius 3 is 1.04 bits per heavy atom. The molecule has 2 heteroatoms. The molecule has 11 rings (SSSR count). The van der Waals surface area contributed by atoms with E-state index in [1.54, 1.807) is 0 Å². The van der Waals surface area contributed by atoms with Gasteiger partial charge in [-0.15, -0.1) is 0 Å². The third-order valence-corrected chi connectivity index (χ3v) is 10.7. The number of para-hydroxylation sites is 2. The zero-order chi connectivity index (χ0) is 32.8. The van der Waals surface area contributed by atoms with E-state index >= 15 is 0 Å². The summed E-state index contributed by atoms with van der Waals surface area (Å²) in [5, 5.41) is 5.11. The molecule has 0 fully saturated rings. The van der Waals surface area contributed by atoms with Crippen molar-refractivity contribution in [3.63, 3.8) is 0 Å². The van der Waals surface area contributed by atoms with Gasteiger partial charge in [-0.25, -0.2) is 0 Å². The Labute approximate surface area is 289 Å². The summed E-state index contributed by atoms with van der Waals surface area (Å²) < 4.78 is 5.06. The van der Waals surface area contributed by atoms with Crippen LogP contribution in [0, 0.1) is 0 Å². The second-order valence-corrected chi connectivity index (χ2v) is 13.2. The van der Waals surface area contributed by atoms with Crippen molar-refractivity contribution in [2.24, 2.45) is 0 Å². The topological polar surface area (TPSA) is 8.82 Å². The molecule has 0 aliphatic rings. The lowest BCUT2D eigenvalue weighted by Gasteiger charge is -2.16. The third-order valence-electron chi connectivity index (χ3n) is 10.7. The standard InChI is InChI=1S/C48H30N2/c1-3-15-31(16-4-1)33-19-7-9-21-35(33)37-27-29-43-47-45(37)39-23-11-13-25-41(39)49(47)44-30-28-38(46-40-24-12-14-26-42(40)50(43)48(44)46)36-22-10-8-20-34(36)32-17-5-2-6-18-32/h1-30H. The van der Waals surface area contributed by atoms with Crippen LogP contribution in [0.3, 0.4) is 0 Å². The Hall–Kier alpha value is -6.64. The number of hydrogen-bond donors (Lipinski definition) is 0. The lowest BCUT2D eigenvalue weighted by atomic mass is 9.91. The fraction of sp³-hybridized carbons (Fsp3) is 0. The van der Waals surface area contributed by atoms with Crippen LogP contribution < -0.4 is 0 Å². The Kier molecular flexibility index (Phi) is 5.70. The number of benzene rings is 8. The Balaban J connectivity index is 1.32. The van der Waals surface area contributed by atoms with Crippen molar-refractivity contribution < 1.29 is 0 Å². The summed E-state index contributed by atoms with van der Waals surface area (Å²) in [6.07, 6.45) is 0. The molecule has 0 saturated heterocycles. The molecule has 232 valence electrons. The highest BCUT2D eigenvalue weighted by atomic mass is 15.0. The van der Waals surface area contributed by atoms with Crippen molar-refractivity contribution in [3.05, 3.63) is 182 Å². The molecule has 0 spiro atoms. The van der Waals surface area contributed by atoms with Gasteiger partial charge in [-0.1, -0.05) is 158 Å². The third kappa shape index (κ3) is 3.68. The first-order chi connectivity index (χ1) is 24.9. The van der Waals surface area contributed by atoms with Gasteiger partial charge in [-0.05, 0) is 68.8 Å². The molecule has 0 aliphatic heterocycles. The number of nitrogens with zero attached hydrogens (tertiary/aromatic N) is 2. The first-order valence-electron chi connectivity index (χ1n) is 17.3. The van der Waals surface area contributed by atoms with Gasteiger partial charge in [0.25, 0.3) is 0 Å². The lowest BCUT2D eigenvalue weighted by molar-refractivity contribution is 1.26. The average molecular weight is 635 g/mol. The number of hydrogen-bond acceptors (Lipinski definition) is 0. The predicted octanol–water partition coefficient (Wildman–Crippen LogP) is 12.9. The predicted molar refractivity (Wildman–Crippen MR) is 211 cm³/mol. The van der Waals surface area contributed by atoms with Crippen LogP contribution in [0.15, 0.2) is 182 Å². The van der Waals surface area contributed by atoms with E-state index in [2.05, 4.69) is 191 Å². The number of fused-ring (bicyclic) bond motifs is 8. The minimum Gasteiger partial charge on any atom is -0.305 e. The summed E-state index contributed by atoms with van der Waals surface area (Å²) in [4.78, 5) is 0. The summed E-state index contributed by atoms with van der Waals surface area (Å²) >= 11 is 0. The second-order valence-electron chi connectivity index (χ2n) is 13.2. The minimum absolute atomic E-state index is 1.21. The smallest absolute Gasteiger partial charge is 0.0789 e. The van der Waals surface area contributed by atoms with Crippen LogP contribution in [0.1, 0.15) is 0 Å². The van der Waals surface area contributed by atoms with Crippen molar-refractivity contribution in [2.45, 2.75) is 0 Å². The zero-order valence-corrected chi connectivity index (χ0v) is 27.2. The van der Waals surface area contributed by atoms with E-state index < -0.39 is 0 Å². The van der Waals surface area contributed by atoms with Gasteiger partial charge in [0.15, 0.2) is 0 Å². The Bertz CT molecular complexity index is 2860. The SMILES string of the molecule is c1ccc(-c2ccccc2-c2ccc3c4c2c2ccccc2n4c2ccc(-c4ccccc4-c4ccccc4)c4c5ccccc5n3c42)cc1. The van der Waals surface area contributed by atoms with Gasteiger partial charge in [0.05, 0.1) is 33.1 Å². The lowest BCUT2D eigenvalue weighted by Crippen LogP contribution is -1.98. The molecule has 0 aliphatic carbocycles. The average Bonchev–Trinajstić information content (AvgIpc) is 3.73. The highest BCUT2D eigenvalue weighted by molar-refractivity contribution is 6.27. The molecule has 0 atom stereocenters. The first-order valence-corrected chi connectivity index (χ1v) is 17.3. The van der Waals surface area contributed by atoms with Gasteiger partial charge >= 0.3 is 0 Å². The first kappa shape index (κ1) is 27.3. The van der Waals surface area contributed by atoms with Gasteiger partial charge in [-0.2, -0.15) is 0 Å². The van der Waals surface area contributed by atoms with Gasteiger partial charge in [0.2, 0.25) is 0 Å². The van der Waals surface area contributed by atoms with Crippen LogP contribution in [0.2, 0.25) is 0 Å². The van der Waals surface area contributed by atoms with Gasteiger partial charge in [0.1, 0.15) is 0 Å². The van der Waals surface area contributed by atoms with Crippen LogP contribution in [-0.4, -0.2) is 8.80 Å². The van der Waals surface area contributed by atoms with Crippen molar-refractivity contribution in [2.75, 3.05) is 0 Å². The van der Waals surface area contributed by atoms with Gasteiger partial charge in [0, 0.05) is 21.5 Å². The summed E-state index contributed by atoms with van der Waals surface area (Å²) in [7, 11) is 0. The minimum atomic E-state index is 1.21. The summed E-state index contributed by atoms with van der Waals surface area (Å²) in [5.74, 6) is 0. The molecule has 3 heterocycles. The maximum absolute atomic E-state index is 2.53. The number of aromatic nitrogens is 2. The van der Waals surface area contributed by atoms with Crippen molar-refractivity contribution in [3.8, 4) is 44.5 Å². The molecule has 8 aromatic carbocycles. The van der Waals surface area contributed by atoms with Gasteiger partial charge in [-0.3, -0.25) is 0 Å². The second kappa shape index (κ2) is 10.4. The van der Waals surface area contributed by atoms with Crippen molar-refractivity contribution in [1.82, 2.24) is 8.80 Å². The van der Waals surface area contributed by atoms with Crippen LogP contribution >= 0.6 is 0 Å². The van der Waals surface area contributed by atoms with Crippen LogP contribution in [0.25, 0.3) is 99.2 Å². The van der Waals surface area contributed by atoms with E-state index in [9.17, 15) is 0 Å². The molecular weight excluding hydrogens is 605 g/mol. The Morgan fingerprint density at radius 1 is 0.240 bits per heavy atom. The summed E-state index contributed by atoms with van der Waals surface area (Å²) in [5.41, 5.74) is 17.3. The van der Waals surface area contributed by atoms with Gasteiger partial charge < -0.3 is 8.80 Å². The molecule has 50 heavy (non-hydrogen) atoms. The van der Waals surface area contributed by atoms with Crippen LogP contribution in [0.5, 0.6) is 0 Å². The summed E-state index contributed by atoms with van der Waals surface area (Å²) in [6.45, 7) is 0. The maximum atomic E-state index is 2.53. The Morgan fingerprint density at radius 2 is 0.600 bits per heavy atom. The van der Waals surface area contributed by atoms with E-state index in [1.165, 1.54) is 99.2 Å². The van der Waals surface area contributed by atoms with E-state index in [4.69, 9.17) is 0 Å². The van der Waals surface area contributed by atoms with Crippen LogP contribution in [0.4, 0.5) is 0 Å². The maximum Gasteiger partial charge on any atom is 0.0789 e.